The fourth-order valence-corrected chi connectivity index (χ4v) is 1.92. The van der Waals surface area contributed by atoms with Crippen molar-refractivity contribution < 1.29 is 4.79 Å². The van der Waals surface area contributed by atoms with Crippen molar-refractivity contribution in [1.82, 2.24) is 15.3 Å². The summed E-state index contributed by atoms with van der Waals surface area (Å²) in [5.74, 6) is 0.617. The summed E-state index contributed by atoms with van der Waals surface area (Å²) in [7, 11) is 0. The average Bonchev–Trinajstić information content (AvgIpc) is 2.77. The first-order valence-corrected chi connectivity index (χ1v) is 6.58. The van der Waals surface area contributed by atoms with Gasteiger partial charge in [-0.05, 0) is 19.4 Å². The number of aryl methyl sites for hydroxylation is 1. The lowest BCUT2D eigenvalue weighted by molar-refractivity contribution is -0.117. The Morgan fingerprint density at radius 2 is 2.05 bits per heavy atom. The molecule has 0 spiro atoms. The van der Waals surface area contributed by atoms with E-state index in [1.54, 1.807) is 6.92 Å². The Kier molecular flexibility index (Phi) is 4.35. The van der Waals surface area contributed by atoms with E-state index >= 15 is 0 Å². The highest BCUT2D eigenvalue weighted by Crippen LogP contribution is 2.11. The van der Waals surface area contributed by atoms with Crippen molar-refractivity contribution in [3.05, 3.63) is 65.3 Å². The topological polar surface area (TPSA) is 57.8 Å². The van der Waals surface area contributed by atoms with Gasteiger partial charge in [0.05, 0.1) is 12.2 Å². The van der Waals surface area contributed by atoms with Crippen LogP contribution in [-0.2, 0) is 17.8 Å². The van der Waals surface area contributed by atoms with Crippen LogP contribution >= 0.6 is 0 Å². The largest absolute Gasteiger partial charge is 0.345 e. The van der Waals surface area contributed by atoms with Crippen LogP contribution in [-0.4, -0.2) is 15.9 Å². The van der Waals surface area contributed by atoms with Gasteiger partial charge in [0.1, 0.15) is 5.82 Å². The zero-order chi connectivity index (χ0) is 14.5. The van der Waals surface area contributed by atoms with E-state index in [1.807, 2.05) is 25.1 Å². The molecule has 1 aromatic carbocycles. The van der Waals surface area contributed by atoms with E-state index in [0.29, 0.717) is 12.1 Å². The van der Waals surface area contributed by atoms with Gasteiger partial charge in [0, 0.05) is 17.7 Å². The number of imidazole rings is 1. The summed E-state index contributed by atoms with van der Waals surface area (Å²) in [4.78, 5) is 19.2. The van der Waals surface area contributed by atoms with Gasteiger partial charge < -0.3 is 10.3 Å². The molecule has 0 unspecified atom stereocenters. The molecule has 0 aliphatic heterocycles. The van der Waals surface area contributed by atoms with Gasteiger partial charge in [-0.2, -0.15) is 0 Å². The van der Waals surface area contributed by atoms with Gasteiger partial charge in [0.2, 0.25) is 5.91 Å². The molecule has 1 amide bonds. The van der Waals surface area contributed by atoms with Crippen molar-refractivity contribution in [2.75, 3.05) is 0 Å². The van der Waals surface area contributed by atoms with Gasteiger partial charge in [-0.3, -0.25) is 4.79 Å². The van der Waals surface area contributed by atoms with Crippen molar-refractivity contribution in [3.8, 4) is 0 Å². The number of rotatable bonds is 5. The third-order valence-electron chi connectivity index (χ3n) is 3.05. The minimum atomic E-state index is -0.149. The summed E-state index contributed by atoms with van der Waals surface area (Å²) in [5.41, 5.74) is 3.77. The zero-order valence-corrected chi connectivity index (χ0v) is 11.9. The molecule has 1 heterocycles. The predicted octanol–water partition coefficient (Wildman–Crippen LogP) is 2.50. The fraction of sp³-hybridized carbons (Fsp3) is 0.250. The van der Waals surface area contributed by atoms with Gasteiger partial charge in [-0.1, -0.05) is 36.9 Å². The summed E-state index contributed by atoms with van der Waals surface area (Å²) >= 11 is 0. The maximum absolute atomic E-state index is 11.4. The van der Waals surface area contributed by atoms with Crippen LogP contribution in [0.1, 0.15) is 29.7 Å². The van der Waals surface area contributed by atoms with Crippen LogP contribution in [0.3, 0.4) is 0 Å². The molecule has 4 nitrogen and oxygen atoms in total. The quantitative estimate of drug-likeness (QED) is 0.819. The van der Waals surface area contributed by atoms with Crippen LogP contribution in [0.15, 0.2) is 42.5 Å². The Labute approximate surface area is 118 Å². The van der Waals surface area contributed by atoms with Crippen LogP contribution in [0, 0.1) is 6.92 Å². The molecule has 2 aromatic rings. The molecule has 0 radical (unpaired) electrons. The van der Waals surface area contributed by atoms with Crippen molar-refractivity contribution in [3.63, 3.8) is 0 Å². The maximum atomic E-state index is 11.4. The molecular formula is C16H19N3O. The highest BCUT2D eigenvalue weighted by Gasteiger charge is 2.08. The molecule has 0 saturated carbocycles. The van der Waals surface area contributed by atoms with Gasteiger partial charge in [-0.15, -0.1) is 0 Å². The summed E-state index contributed by atoms with van der Waals surface area (Å²) < 4.78 is 0. The SMILES string of the molecule is C=C(C)C(=O)NCc1nc(Cc2ccccc2)c(C)[nH]1. The van der Waals surface area contributed by atoms with E-state index in [0.717, 1.165) is 23.6 Å². The average molecular weight is 269 g/mol. The first kappa shape index (κ1) is 14.1. The van der Waals surface area contributed by atoms with E-state index in [4.69, 9.17) is 0 Å². The number of amides is 1. The van der Waals surface area contributed by atoms with Crippen molar-refractivity contribution in [1.29, 1.82) is 0 Å². The van der Waals surface area contributed by atoms with E-state index in [-0.39, 0.29) is 5.91 Å². The van der Waals surface area contributed by atoms with Crippen LogP contribution in [0.4, 0.5) is 0 Å². The summed E-state index contributed by atoms with van der Waals surface area (Å²) in [6.07, 6.45) is 0.789. The molecular weight excluding hydrogens is 250 g/mol. The van der Waals surface area contributed by atoms with Crippen LogP contribution in [0.5, 0.6) is 0 Å². The normalized spacial score (nSPS) is 10.3. The number of nitrogens with zero attached hydrogens (tertiary/aromatic N) is 1. The lowest BCUT2D eigenvalue weighted by Gasteiger charge is -2.01. The molecule has 1 aromatic heterocycles. The molecule has 0 aliphatic carbocycles. The number of aromatic amines is 1. The molecule has 0 fully saturated rings. The zero-order valence-electron chi connectivity index (χ0n) is 11.9. The minimum Gasteiger partial charge on any atom is -0.345 e. The lowest BCUT2D eigenvalue weighted by atomic mass is 10.1. The van der Waals surface area contributed by atoms with E-state index < -0.39 is 0 Å². The Morgan fingerprint density at radius 1 is 1.35 bits per heavy atom. The Morgan fingerprint density at radius 3 is 2.70 bits per heavy atom. The molecule has 4 heteroatoms. The summed E-state index contributed by atoms with van der Waals surface area (Å²) in [6, 6.07) is 10.2. The monoisotopic (exact) mass is 269 g/mol. The van der Waals surface area contributed by atoms with Crippen molar-refractivity contribution in [2.45, 2.75) is 26.8 Å². The molecule has 20 heavy (non-hydrogen) atoms. The lowest BCUT2D eigenvalue weighted by Crippen LogP contribution is -2.23. The number of H-pyrrole nitrogens is 1. The number of hydrogen-bond acceptors (Lipinski definition) is 2. The van der Waals surface area contributed by atoms with Gasteiger partial charge in [0.25, 0.3) is 0 Å². The standard InChI is InChI=1S/C16H19N3O/c1-11(2)16(20)17-10-15-18-12(3)14(19-15)9-13-7-5-4-6-8-13/h4-8H,1,9-10H2,2-3H3,(H,17,20)(H,18,19). The van der Waals surface area contributed by atoms with Crippen LogP contribution in [0.25, 0.3) is 0 Å². The number of benzene rings is 1. The number of hydrogen-bond donors (Lipinski definition) is 2. The third kappa shape index (κ3) is 3.57. The molecule has 0 atom stereocenters. The van der Waals surface area contributed by atoms with Gasteiger partial charge in [0.15, 0.2) is 0 Å². The number of aromatic nitrogens is 2. The molecule has 2 rings (SSSR count). The second kappa shape index (κ2) is 6.19. The number of nitrogens with one attached hydrogen (secondary N) is 2. The second-order valence-corrected chi connectivity index (χ2v) is 4.88. The highest BCUT2D eigenvalue weighted by atomic mass is 16.1. The summed E-state index contributed by atoms with van der Waals surface area (Å²) in [6.45, 7) is 7.67. The fourth-order valence-electron chi connectivity index (χ4n) is 1.92. The first-order chi connectivity index (χ1) is 9.56. The van der Waals surface area contributed by atoms with Crippen LogP contribution < -0.4 is 5.32 Å². The Hall–Kier alpha value is -2.36. The maximum Gasteiger partial charge on any atom is 0.246 e. The Balaban J connectivity index is 2.02. The van der Waals surface area contributed by atoms with Gasteiger partial charge >= 0.3 is 0 Å². The molecule has 0 aliphatic rings. The molecule has 0 bridgehead atoms. The van der Waals surface area contributed by atoms with E-state index in [2.05, 4.69) is 34.0 Å². The number of carbonyl (C=O) groups excluding carboxylic acids is 1. The van der Waals surface area contributed by atoms with Crippen molar-refractivity contribution in [2.24, 2.45) is 0 Å². The minimum absolute atomic E-state index is 0.149. The smallest absolute Gasteiger partial charge is 0.246 e. The van der Waals surface area contributed by atoms with Crippen LogP contribution in [0.2, 0.25) is 0 Å². The first-order valence-electron chi connectivity index (χ1n) is 6.58. The Bertz CT molecular complexity index is 614. The third-order valence-corrected chi connectivity index (χ3v) is 3.05. The van der Waals surface area contributed by atoms with E-state index in [9.17, 15) is 4.79 Å². The van der Waals surface area contributed by atoms with Crippen molar-refractivity contribution >= 4 is 5.91 Å². The molecule has 0 saturated heterocycles. The molecule has 104 valence electrons. The highest BCUT2D eigenvalue weighted by molar-refractivity contribution is 5.91. The van der Waals surface area contributed by atoms with Gasteiger partial charge in [-0.25, -0.2) is 4.98 Å². The number of carbonyl (C=O) groups is 1. The summed E-state index contributed by atoms with van der Waals surface area (Å²) in [5, 5.41) is 2.77. The second-order valence-electron chi connectivity index (χ2n) is 4.88. The molecule has 2 N–H and O–H groups in total. The van der Waals surface area contributed by atoms with E-state index in [1.165, 1.54) is 5.56 Å². The predicted molar refractivity (Wildman–Crippen MR) is 79.2 cm³/mol.